The molecule has 0 bridgehead atoms. The van der Waals surface area contributed by atoms with E-state index >= 15 is 0 Å². The predicted molar refractivity (Wildman–Crippen MR) is 86.2 cm³/mol. The van der Waals surface area contributed by atoms with Gasteiger partial charge in [-0.3, -0.25) is 14.9 Å². The number of aryl methyl sites for hydroxylation is 1. The minimum absolute atomic E-state index is 0.105. The molecule has 10 heteroatoms. The lowest BCUT2D eigenvalue weighted by molar-refractivity contribution is -0.402. The Morgan fingerprint density at radius 3 is 2.42 bits per heavy atom. The monoisotopic (exact) mass is 364 g/mol. The second kappa shape index (κ2) is 7.21. The second-order valence-electron chi connectivity index (χ2n) is 5.42. The molecule has 1 N–H and O–H groups in total. The average Bonchev–Trinajstić information content (AvgIpc) is 3.19. The highest BCUT2D eigenvalue weighted by atomic mass is 16.7. The number of carbonyl (C=O) groups is 3. The minimum Gasteiger partial charge on any atom is -0.465 e. The molecule has 2 aromatic heterocycles. The molecule has 26 heavy (non-hydrogen) atoms. The maximum Gasteiger partial charge on any atom is 0.433 e. The van der Waals surface area contributed by atoms with E-state index in [0.29, 0.717) is 11.3 Å². The van der Waals surface area contributed by atoms with Gasteiger partial charge in [0.15, 0.2) is 6.10 Å². The highest BCUT2D eigenvalue weighted by Gasteiger charge is 2.28. The summed E-state index contributed by atoms with van der Waals surface area (Å²) in [5, 5.41) is 10.6. The molecular formula is C16H16N2O8. The molecule has 0 aliphatic heterocycles. The third kappa shape index (κ3) is 3.48. The quantitative estimate of drug-likeness (QED) is 0.356. The third-order valence-corrected chi connectivity index (χ3v) is 3.70. The molecule has 0 saturated carbocycles. The van der Waals surface area contributed by atoms with Crippen LogP contribution in [-0.4, -0.2) is 40.8 Å². The zero-order valence-corrected chi connectivity index (χ0v) is 14.4. The molecule has 2 aromatic rings. The van der Waals surface area contributed by atoms with Gasteiger partial charge in [-0.05, 0) is 32.4 Å². The molecule has 10 nitrogen and oxygen atoms in total. The molecule has 0 radical (unpaired) electrons. The van der Waals surface area contributed by atoms with Gasteiger partial charge in [0.1, 0.15) is 4.92 Å². The van der Waals surface area contributed by atoms with E-state index in [9.17, 15) is 24.5 Å². The standard InChI is InChI=1S/C16H16N2O8/c1-7-12(16(21)24-4)8(2)17-13(7)14(19)9(3)25-15(20)10-5-6-11(26-10)18(22)23/h5-6,9,17H,1-4H3/t9-/m1/s1. The van der Waals surface area contributed by atoms with Crippen LogP contribution in [0.2, 0.25) is 0 Å². The van der Waals surface area contributed by atoms with Crippen molar-refractivity contribution in [3.8, 4) is 0 Å². The molecule has 0 amide bonds. The number of hydrogen-bond donors (Lipinski definition) is 1. The number of aromatic nitrogens is 1. The van der Waals surface area contributed by atoms with Gasteiger partial charge in [0.2, 0.25) is 11.5 Å². The van der Waals surface area contributed by atoms with E-state index < -0.39 is 40.4 Å². The largest absolute Gasteiger partial charge is 0.465 e. The minimum atomic E-state index is -1.21. The van der Waals surface area contributed by atoms with Crippen molar-refractivity contribution in [3.63, 3.8) is 0 Å². The zero-order valence-electron chi connectivity index (χ0n) is 14.4. The van der Waals surface area contributed by atoms with Crippen LogP contribution < -0.4 is 0 Å². The molecule has 0 unspecified atom stereocenters. The Balaban J connectivity index is 2.18. The number of aromatic amines is 1. The molecular weight excluding hydrogens is 348 g/mol. The van der Waals surface area contributed by atoms with Gasteiger partial charge in [0.25, 0.3) is 0 Å². The molecule has 0 aliphatic carbocycles. The summed E-state index contributed by atoms with van der Waals surface area (Å²) >= 11 is 0. The number of H-pyrrole nitrogens is 1. The van der Waals surface area contributed by atoms with Crippen LogP contribution in [0.1, 0.15) is 49.6 Å². The van der Waals surface area contributed by atoms with Gasteiger partial charge >= 0.3 is 17.8 Å². The van der Waals surface area contributed by atoms with E-state index in [1.807, 2.05) is 0 Å². The van der Waals surface area contributed by atoms with Crippen molar-refractivity contribution in [1.82, 2.24) is 4.98 Å². The fourth-order valence-corrected chi connectivity index (χ4v) is 2.42. The molecule has 2 heterocycles. The molecule has 138 valence electrons. The first-order chi connectivity index (χ1) is 12.2. The maximum atomic E-state index is 12.5. The van der Waals surface area contributed by atoms with Crippen LogP contribution in [0.15, 0.2) is 16.5 Å². The highest BCUT2D eigenvalue weighted by molar-refractivity contribution is 6.04. The van der Waals surface area contributed by atoms with Gasteiger partial charge in [0.05, 0.1) is 24.4 Å². The fraction of sp³-hybridized carbons (Fsp3) is 0.312. The van der Waals surface area contributed by atoms with E-state index in [1.54, 1.807) is 13.8 Å². The van der Waals surface area contributed by atoms with Crippen LogP contribution in [0.5, 0.6) is 0 Å². The number of Topliss-reactive ketones (excluding diaryl/α,β-unsaturated/α-hetero) is 1. The lowest BCUT2D eigenvalue weighted by Gasteiger charge is -2.11. The van der Waals surface area contributed by atoms with E-state index in [2.05, 4.69) is 9.72 Å². The summed E-state index contributed by atoms with van der Waals surface area (Å²) in [7, 11) is 1.22. The zero-order chi connectivity index (χ0) is 19.6. The number of nitrogens with zero attached hydrogens (tertiary/aromatic N) is 1. The van der Waals surface area contributed by atoms with Crippen molar-refractivity contribution in [1.29, 1.82) is 0 Å². The number of nitro groups is 1. The fourth-order valence-electron chi connectivity index (χ4n) is 2.42. The van der Waals surface area contributed by atoms with Crippen molar-refractivity contribution in [2.45, 2.75) is 26.9 Å². The van der Waals surface area contributed by atoms with E-state index in [0.717, 1.165) is 12.1 Å². The summed E-state index contributed by atoms with van der Waals surface area (Å²) < 4.78 is 14.4. The smallest absolute Gasteiger partial charge is 0.433 e. The lowest BCUT2D eigenvalue weighted by Crippen LogP contribution is -2.25. The van der Waals surface area contributed by atoms with Crippen LogP contribution in [0, 0.1) is 24.0 Å². The van der Waals surface area contributed by atoms with Gasteiger partial charge in [-0.2, -0.15) is 0 Å². The van der Waals surface area contributed by atoms with Crippen molar-refractivity contribution < 1.29 is 33.2 Å². The van der Waals surface area contributed by atoms with Gasteiger partial charge < -0.3 is 18.9 Å². The van der Waals surface area contributed by atoms with Crippen molar-refractivity contribution in [3.05, 3.63) is 50.5 Å². The Morgan fingerprint density at radius 2 is 1.88 bits per heavy atom. The Morgan fingerprint density at radius 1 is 1.23 bits per heavy atom. The lowest BCUT2D eigenvalue weighted by atomic mass is 10.1. The Labute approximate surface area is 147 Å². The molecule has 1 atom stereocenters. The van der Waals surface area contributed by atoms with Gasteiger partial charge in [0, 0.05) is 5.69 Å². The summed E-state index contributed by atoms with van der Waals surface area (Å²) in [5.74, 6) is -3.20. The average molecular weight is 364 g/mol. The first-order valence-electron chi connectivity index (χ1n) is 7.44. The number of ether oxygens (including phenoxy) is 2. The van der Waals surface area contributed by atoms with Gasteiger partial charge in [-0.15, -0.1) is 0 Å². The van der Waals surface area contributed by atoms with E-state index in [-0.39, 0.29) is 11.3 Å². The van der Waals surface area contributed by atoms with Gasteiger partial charge in [-0.1, -0.05) is 0 Å². The SMILES string of the molecule is COC(=O)c1c(C)[nH]c(C(=O)[C@@H](C)OC(=O)c2ccc([N+](=O)[O-])o2)c1C. The molecule has 0 saturated heterocycles. The van der Waals surface area contributed by atoms with Crippen LogP contribution in [0.25, 0.3) is 0 Å². The van der Waals surface area contributed by atoms with Crippen molar-refractivity contribution in [2.75, 3.05) is 7.11 Å². The number of rotatable bonds is 6. The Kier molecular flexibility index (Phi) is 5.24. The predicted octanol–water partition coefficient (Wildman–Crippen LogP) is 2.35. The summed E-state index contributed by atoms with van der Waals surface area (Å²) in [6, 6.07) is 2.08. The van der Waals surface area contributed by atoms with Crippen LogP contribution >= 0.6 is 0 Å². The summed E-state index contributed by atoms with van der Waals surface area (Å²) in [5.41, 5.74) is 1.15. The summed E-state index contributed by atoms with van der Waals surface area (Å²) in [6.07, 6.45) is -1.21. The number of methoxy groups -OCH3 is 1. The molecule has 0 aromatic carbocycles. The third-order valence-electron chi connectivity index (χ3n) is 3.70. The van der Waals surface area contributed by atoms with Crippen LogP contribution in [-0.2, 0) is 9.47 Å². The summed E-state index contributed by atoms with van der Waals surface area (Å²) in [4.78, 5) is 48.8. The normalized spacial score (nSPS) is 11.7. The first-order valence-corrected chi connectivity index (χ1v) is 7.44. The second-order valence-corrected chi connectivity index (χ2v) is 5.42. The number of esters is 2. The first kappa shape index (κ1) is 18.9. The van der Waals surface area contributed by atoms with Crippen molar-refractivity contribution in [2.24, 2.45) is 0 Å². The number of carbonyl (C=O) groups excluding carboxylic acids is 3. The molecule has 2 rings (SSSR count). The maximum absolute atomic E-state index is 12.5. The van der Waals surface area contributed by atoms with E-state index in [4.69, 9.17) is 9.15 Å². The number of nitrogens with one attached hydrogen (secondary N) is 1. The van der Waals surface area contributed by atoms with E-state index in [1.165, 1.54) is 14.0 Å². The van der Waals surface area contributed by atoms with Crippen LogP contribution in [0.4, 0.5) is 5.88 Å². The van der Waals surface area contributed by atoms with Gasteiger partial charge in [-0.25, -0.2) is 9.59 Å². The molecule has 0 fully saturated rings. The topological polar surface area (TPSA) is 142 Å². The Bertz CT molecular complexity index is 892. The number of ketones is 1. The molecule has 0 aliphatic rings. The molecule has 0 spiro atoms. The Hall–Kier alpha value is -3.43. The van der Waals surface area contributed by atoms with Crippen LogP contribution in [0.3, 0.4) is 0 Å². The number of furan rings is 1. The number of hydrogen-bond acceptors (Lipinski definition) is 8. The highest BCUT2D eigenvalue weighted by Crippen LogP contribution is 2.22. The van der Waals surface area contributed by atoms with Crippen molar-refractivity contribution >= 4 is 23.6 Å². The summed E-state index contributed by atoms with van der Waals surface area (Å²) in [6.45, 7) is 4.51.